The molecule has 0 spiro atoms. The summed E-state index contributed by atoms with van der Waals surface area (Å²) in [5.74, 6) is -1.21. The predicted molar refractivity (Wildman–Crippen MR) is 65.4 cm³/mol. The lowest BCUT2D eigenvalue weighted by Crippen LogP contribution is -2.39. The Morgan fingerprint density at radius 1 is 1.56 bits per heavy atom. The quantitative estimate of drug-likeness (QED) is 0.841. The molecule has 3 rings (SSSR count). The summed E-state index contributed by atoms with van der Waals surface area (Å²) in [6, 6.07) is 3.66. The lowest BCUT2D eigenvalue weighted by molar-refractivity contribution is -0.142. The minimum absolute atomic E-state index is 0.0279. The molecule has 0 aliphatic carbocycles. The van der Waals surface area contributed by atoms with E-state index in [4.69, 9.17) is 4.42 Å². The van der Waals surface area contributed by atoms with E-state index in [0.29, 0.717) is 6.54 Å². The summed E-state index contributed by atoms with van der Waals surface area (Å²) < 4.78 is 5.45. The maximum atomic E-state index is 11.3. The summed E-state index contributed by atoms with van der Waals surface area (Å²) in [5, 5.41) is 12.4. The minimum atomic E-state index is -0.766. The van der Waals surface area contributed by atoms with Gasteiger partial charge in [0.15, 0.2) is 5.58 Å². The normalized spacial score (nSPS) is 24.2. The van der Waals surface area contributed by atoms with Crippen molar-refractivity contribution >= 4 is 17.1 Å². The van der Waals surface area contributed by atoms with Crippen molar-refractivity contribution in [3.63, 3.8) is 0 Å². The van der Waals surface area contributed by atoms with Crippen molar-refractivity contribution in [1.29, 1.82) is 0 Å². The molecule has 0 saturated carbocycles. The molecule has 1 aliphatic rings. The van der Waals surface area contributed by atoms with Gasteiger partial charge in [0.1, 0.15) is 5.52 Å². The van der Waals surface area contributed by atoms with Gasteiger partial charge in [-0.05, 0) is 25.1 Å². The number of carbonyl (C=O) groups is 1. The number of hydrogen-bond donors (Lipinski definition) is 2. The zero-order chi connectivity index (χ0) is 12.5. The fraction of sp³-hybridized carbons (Fsp3) is 0.385. The Kier molecular flexibility index (Phi) is 2.76. The first kappa shape index (κ1) is 11.2. The van der Waals surface area contributed by atoms with Crippen LogP contribution in [-0.4, -0.2) is 29.1 Å². The number of aromatic nitrogens is 1. The number of piperidine rings is 1. The monoisotopic (exact) mass is 246 g/mol. The van der Waals surface area contributed by atoms with Crippen LogP contribution < -0.4 is 5.32 Å². The Balaban J connectivity index is 2.04. The number of fused-ring (bicyclic) bond motifs is 1. The third kappa shape index (κ3) is 1.76. The van der Waals surface area contributed by atoms with E-state index in [1.807, 2.05) is 12.1 Å². The Morgan fingerprint density at radius 3 is 3.28 bits per heavy atom. The summed E-state index contributed by atoms with van der Waals surface area (Å²) in [6.07, 6.45) is 4.16. The Labute approximate surface area is 104 Å². The molecule has 0 bridgehead atoms. The molecule has 2 unspecified atom stereocenters. The van der Waals surface area contributed by atoms with Crippen molar-refractivity contribution in [2.75, 3.05) is 13.1 Å². The highest BCUT2D eigenvalue weighted by Crippen LogP contribution is 2.35. The molecule has 3 heterocycles. The first-order chi connectivity index (χ1) is 8.77. The lowest BCUT2D eigenvalue weighted by Gasteiger charge is -2.28. The third-order valence-electron chi connectivity index (χ3n) is 3.56. The van der Waals surface area contributed by atoms with Crippen molar-refractivity contribution < 1.29 is 14.3 Å². The number of carboxylic acids is 1. The highest BCUT2D eigenvalue weighted by atomic mass is 16.4. The molecule has 1 fully saturated rings. The number of rotatable bonds is 2. The van der Waals surface area contributed by atoms with E-state index in [9.17, 15) is 9.90 Å². The standard InChI is InChI=1S/C13H14N2O3/c16-13(17)9-6-14-5-3-8(9)10-7-18-11-2-1-4-15-12(10)11/h1-2,4,7-9,14H,3,5-6H2,(H,16,17). The maximum Gasteiger partial charge on any atom is 0.308 e. The average molecular weight is 246 g/mol. The van der Waals surface area contributed by atoms with Crippen LogP contribution in [0, 0.1) is 5.92 Å². The topological polar surface area (TPSA) is 75.4 Å². The van der Waals surface area contributed by atoms with Crippen molar-refractivity contribution in [3.8, 4) is 0 Å². The van der Waals surface area contributed by atoms with Gasteiger partial charge in [0.2, 0.25) is 0 Å². The molecule has 1 saturated heterocycles. The number of carboxylic acid groups (broad SMARTS) is 1. The Bertz CT molecular complexity index is 578. The van der Waals surface area contributed by atoms with Crippen LogP contribution in [0.25, 0.3) is 11.1 Å². The summed E-state index contributed by atoms with van der Waals surface area (Å²) in [5.41, 5.74) is 2.42. The van der Waals surface area contributed by atoms with Crippen LogP contribution >= 0.6 is 0 Å². The molecule has 0 aromatic carbocycles. The predicted octanol–water partition coefficient (Wildman–Crippen LogP) is 1.61. The summed E-state index contributed by atoms with van der Waals surface area (Å²) in [4.78, 5) is 15.6. The molecule has 18 heavy (non-hydrogen) atoms. The number of nitrogens with one attached hydrogen (secondary N) is 1. The molecular weight excluding hydrogens is 232 g/mol. The molecule has 2 N–H and O–H groups in total. The van der Waals surface area contributed by atoms with E-state index in [1.54, 1.807) is 12.5 Å². The van der Waals surface area contributed by atoms with Crippen molar-refractivity contribution in [2.45, 2.75) is 12.3 Å². The van der Waals surface area contributed by atoms with E-state index in [0.717, 1.165) is 29.6 Å². The fourth-order valence-corrected chi connectivity index (χ4v) is 2.64. The summed E-state index contributed by atoms with van der Waals surface area (Å²) in [6.45, 7) is 1.33. The van der Waals surface area contributed by atoms with Gasteiger partial charge in [-0.15, -0.1) is 0 Å². The Hall–Kier alpha value is -1.88. The second kappa shape index (κ2) is 4.42. The van der Waals surface area contributed by atoms with Gasteiger partial charge < -0.3 is 14.8 Å². The van der Waals surface area contributed by atoms with Gasteiger partial charge in [0.25, 0.3) is 0 Å². The van der Waals surface area contributed by atoms with Gasteiger partial charge in [-0.1, -0.05) is 0 Å². The molecule has 5 nitrogen and oxygen atoms in total. The average Bonchev–Trinajstić information content (AvgIpc) is 2.82. The van der Waals surface area contributed by atoms with Crippen LogP contribution in [0.15, 0.2) is 29.0 Å². The van der Waals surface area contributed by atoms with E-state index in [-0.39, 0.29) is 5.92 Å². The SMILES string of the molecule is O=C(O)C1CNCCC1c1coc2cccnc12. The van der Waals surface area contributed by atoms with Crippen LogP contribution in [0.1, 0.15) is 17.9 Å². The zero-order valence-corrected chi connectivity index (χ0v) is 9.80. The number of hydrogen-bond acceptors (Lipinski definition) is 4. The highest BCUT2D eigenvalue weighted by molar-refractivity contribution is 5.79. The van der Waals surface area contributed by atoms with Gasteiger partial charge in [0, 0.05) is 24.2 Å². The van der Waals surface area contributed by atoms with Gasteiger partial charge in [0.05, 0.1) is 12.2 Å². The van der Waals surface area contributed by atoms with E-state index >= 15 is 0 Å². The maximum absolute atomic E-state index is 11.3. The van der Waals surface area contributed by atoms with Crippen molar-refractivity contribution in [3.05, 3.63) is 30.2 Å². The van der Waals surface area contributed by atoms with E-state index < -0.39 is 11.9 Å². The smallest absolute Gasteiger partial charge is 0.308 e. The van der Waals surface area contributed by atoms with Crippen LogP contribution in [0.5, 0.6) is 0 Å². The Morgan fingerprint density at radius 2 is 2.44 bits per heavy atom. The zero-order valence-electron chi connectivity index (χ0n) is 9.80. The van der Waals surface area contributed by atoms with Crippen LogP contribution in [-0.2, 0) is 4.79 Å². The minimum Gasteiger partial charge on any atom is -0.481 e. The van der Waals surface area contributed by atoms with Crippen molar-refractivity contribution in [1.82, 2.24) is 10.3 Å². The first-order valence-electron chi connectivity index (χ1n) is 6.03. The van der Waals surface area contributed by atoms with Crippen LogP contribution in [0.4, 0.5) is 0 Å². The van der Waals surface area contributed by atoms with Crippen LogP contribution in [0.3, 0.4) is 0 Å². The molecule has 0 amide bonds. The van der Waals surface area contributed by atoms with Crippen LogP contribution in [0.2, 0.25) is 0 Å². The summed E-state index contributed by atoms with van der Waals surface area (Å²) in [7, 11) is 0. The molecule has 2 aromatic heterocycles. The van der Waals surface area contributed by atoms with Gasteiger partial charge in [-0.25, -0.2) is 0 Å². The molecular formula is C13H14N2O3. The lowest BCUT2D eigenvalue weighted by atomic mass is 9.82. The van der Waals surface area contributed by atoms with Crippen molar-refractivity contribution in [2.24, 2.45) is 5.92 Å². The van der Waals surface area contributed by atoms with E-state index in [1.165, 1.54) is 0 Å². The number of pyridine rings is 1. The number of furan rings is 1. The highest BCUT2D eigenvalue weighted by Gasteiger charge is 2.34. The number of nitrogens with zero attached hydrogens (tertiary/aromatic N) is 1. The second-order valence-electron chi connectivity index (χ2n) is 4.59. The number of aliphatic carboxylic acids is 1. The molecule has 5 heteroatoms. The van der Waals surface area contributed by atoms with Gasteiger partial charge in [-0.2, -0.15) is 0 Å². The molecule has 2 atom stereocenters. The molecule has 94 valence electrons. The first-order valence-corrected chi connectivity index (χ1v) is 6.03. The van der Waals surface area contributed by atoms with Gasteiger partial charge in [-0.3, -0.25) is 9.78 Å². The van der Waals surface area contributed by atoms with Gasteiger partial charge >= 0.3 is 5.97 Å². The molecule has 0 radical (unpaired) electrons. The second-order valence-corrected chi connectivity index (χ2v) is 4.59. The fourth-order valence-electron chi connectivity index (χ4n) is 2.64. The van der Waals surface area contributed by atoms with E-state index in [2.05, 4.69) is 10.3 Å². The molecule has 2 aromatic rings. The molecule has 1 aliphatic heterocycles. The third-order valence-corrected chi connectivity index (χ3v) is 3.56. The largest absolute Gasteiger partial charge is 0.481 e. The summed E-state index contributed by atoms with van der Waals surface area (Å²) >= 11 is 0.